The monoisotopic (exact) mass is 444 g/mol. The summed E-state index contributed by atoms with van der Waals surface area (Å²) in [7, 11) is 0. The molecule has 1 aromatic rings. The summed E-state index contributed by atoms with van der Waals surface area (Å²) in [5.41, 5.74) is 0.890. The summed E-state index contributed by atoms with van der Waals surface area (Å²) in [6.07, 6.45) is 1.53. The third-order valence-corrected chi connectivity index (χ3v) is 5.74. The molecule has 0 saturated carbocycles. The fraction of sp³-hybridized carbons (Fsp3) is 0.214. The van der Waals surface area contributed by atoms with Gasteiger partial charge in [-0.2, -0.15) is 0 Å². The number of rotatable bonds is 3. The van der Waals surface area contributed by atoms with E-state index in [0.29, 0.717) is 11.3 Å². The zero-order chi connectivity index (χ0) is 17.1. The van der Waals surface area contributed by atoms with Crippen LogP contribution in [0.1, 0.15) is 17.3 Å². The van der Waals surface area contributed by atoms with Gasteiger partial charge in [0.25, 0.3) is 5.69 Å². The summed E-state index contributed by atoms with van der Waals surface area (Å²) in [4.78, 5) is 37.6. The first-order valence-electron chi connectivity index (χ1n) is 6.35. The molecule has 0 aliphatic heterocycles. The highest BCUT2D eigenvalue weighted by Crippen LogP contribution is 2.26. The minimum atomic E-state index is -0.749. The Morgan fingerprint density at radius 3 is 2.43 bits per heavy atom. The fourth-order valence-electron chi connectivity index (χ4n) is 1.82. The Morgan fingerprint density at radius 2 is 1.87 bits per heavy atom. The van der Waals surface area contributed by atoms with E-state index in [1.54, 1.807) is 6.92 Å². The van der Waals surface area contributed by atoms with E-state index in [-0.39, 0.29) is 17.0 Å². The molecule has 7 nitrogen and oxygen atoms in total. The highest BCUT2D eigenvalue weighted by molar-refractivity contribution is 9.12. The molecule has 0 fully saturated rings. The number of hydrogen-bond acceptors (Lipinski definition) is 6. The first kappa shape index (κ1) is 17.5. The SMILES string of the molecule is CC1=C/C(=N\OC(=O)c2ccc([N+](=O)[O-])cc2)[C@@H](Br)[C@@H](Br)C1=O. The van der Waals surface area contributed by atoms with Crippen LogP contribution in [0.5, 0.6) is 0 Å². The molecule has 0 bridgehead atoms. The lowest BCUT2D eigenvalue weighted by molar-refractivity contribution is -0.384. The van der Waals surface area contributed by atoms with Gasteiger partial charge in [-0.25, -0.2) is 4.79 Å². The Labute approximate surface area is 147 Å². The molecule has 1 aliphatic carbocycles. The van der Waals surface area contributed by atoms with Crippen molar-refractivity contribution in [3.05, 3.63) is 51.6 Å². The molecule has 120 valence electrons. The molecular weight excluding hydrogens is 436 g/mol. The van der Waals surface area contributed by atoms with E-state index in [1.807, 2.05) is 0 Å². The van der Waals surface area contributed by atoms with Gasteiger partial charge in [0, 0.05) is 12.1 Å². The predicted molar refractivity (Wildman–Crippen MR) is 90.1 cm³/mol. The summed E-state index contributed by atoms with van der Waals surface area (Å²) in [6.45, 7) is 1.64. The summed E-state index contributed by atoms with van der Waals surface area (Å²) in [5, 5.41) is 14.3. The second-order valence-corrected chi connectivity index (χ2v) is 6.67. The van der Waals surface area contributed by atoms with Gasteiger partial charge >= 0.3 is 5.97 Å². The standard InChI is InChI=1S/C14H10Br2N2O5/c1-7-6-10(11(15)12(16)13(7)19)17-23-14(20)8-2-4-9(5-3-8)18(21)22/h2-6,11-12H,1H3/b17-10+/t11-,12-/m1/s1. The van der Waals surface area contributed by atoms with Gasteiger partial charge in [-0.1, -0.05) is 37.0 Å². The smallest absolute Gasteiger partial charge is 0.313 e. The molecular formula is C14H10Br2N2O5. The lowest BCUT2D eigenvalue weighted by Gasteiger charge is -2.20. The van der Waals surface area contributed by atoms with Gasteiger partial charge in [0.15, 0.2) is 5.78 Å². The van der Waals surface area contributed by atoms with Gasteiger partial charge in [-0.05, 0) is 30.7 Å². The molecule has 23 heavy (non-hydrogen) atoms. The van der Waals surface area contributed by atoms with Crippen LogP contribution in [0.15, 0.2) is 41.1 Å². The number of halogens is 2. The van der Waals surface area contributed by atoms with E-state index in [2.05, 4.69) is 37.0 Å². The highest BCUT2D eigenvalue weighted by atomic mass is 79.9. The summed E-state index contributed by atoms with van der Waals surface area (Å²) < 4.78 is 0. The molecule has 0 unspecified atom stereocenters. The van der Waals surface area contributed by atoms with Crippen molar-refractivity contribution in [1.29, 1.82) is 0 Å². The zero-order valence-electron chi connectivity index (χ0n) is 11.7. The van der Waals surface area contributed by atoms with Gasteiger partial charge in [-0.15, -0.1) is 0 Å². The van der Waals surface area contributed by atoms with Crippen molar-refractivity contribution in [2.45, 2.75) is 16.6 Å². The number of nitro groups is 1. The van der Waals surface area contributed by atoms with Gasteiger partial charge in [0.2, 0.25) is 0 Å². The number of ketones is 1. The number of alkyl halides is 2. The number of nitro benzene ring substituents is 1. The van der Waals surface area contributed by atoms with Crippen molar-refractivity contribution in [2.24, 2.45) is 5.16 Å². The lowest BCUT2D eigenvalue weighted by atomic mass is 9.98. The normalized spacial score (nSPS) is 22.7. The third-order valence-electron chi connectivity index (χ3n) is 3.09. The number of non-ortho nitro benzene ring substituents is 1. The van der Waals surface area contributed by atoms with Crippen molar-refractivity contribution in [2.75, 3.05) is 0 Å². The minimum Gasteiger partial charge on any atom is -0.313 e. The van der Waals surface area contributed by atoms with E-state index in [0.717, 1.165) is 0 Å². The van der Waals surface area contributed by atoms with Crippen LogP contribution < -0.4 is 0 Å². The van der Waals surface area contributed by atoms with E-state index in [4.69, 9.17) is 4.84 Å². The molecule has 1 aliphatic rings. The molecule has 0 aromatic heterocycles. The van der Waals surface area contributed by atoms with E-state index >= 15 is 0 Å². The molecule has 0 radical (unpaired) electrons. The average Bonchev–Trinajstić information content (AvgIpc) is 2.54. The Hall–Kier alpha value is -1.87. The molecule has 9 heteroatoms. The van der Waals surface area contributed by atoms with E-state index < -0.39 is 20.5 Å². The zero-order valence-corrected chi connectivity index (χ0v) is 14.9. The molecule has 0 spiro atoms. The van der Waals surface area contributed by atoms with Crippen LogP contribution in [0.25, 0.3) is 0 Å². The number of carbonyl (C=O) groups excluding carboxylic acids is 2. The van der Waals surface area contributed by atoms with Crippen molar-refractivity contribution in [1.82, 2.24) is 0 Å². The Balaban J connectivity index is 2.14. The molecule has 2 rings (SSSR count). The number of Topliss-reactive ketones (excluding diaryl/α,β-unsaturated/α-hetero) is 1. The Morgan fingerprint density at radius 1 is 1.26 bits per heavy atom. The lowest BCUT2D eigenvalue weighted by Crippen LogP contribution is -2.35. The number of oxime groups is 1. The van der Waals surface area contributed by atoms with Crippen molar-refractivity contribution in [3.8, 4) is 0 Å². The number of benzene rings is 1. The van der Waals surface area contributed by atoms with Crippen LogP contribution in [-0.2, 0) is 9.63 Å². The third kappa shape index (κ3) is 3.91. The van der Waals surface area contributed by atoms with E-state index in [9.17, 15) is 19.7 Å². The fourth-order valence-corrected chi connectivity index (χ4v) is 2.90. The van der Waals surface area contributed by atoms with Crippen LogP contribution in [0.2, 0.25) is 0 Å². The molecule has 0 N–H and O–H groups in total. The van der Waals surface area contributed by atoms with Crippen LogP contribution in [0.3, 0.4) is 0 Å². The summed E-state index contributed by atoms with van der Waals surface area (Å²) in [6, 6.07) is 4.97. The predicted octanol–water partition coefficient (Wildman–Crippen LogP) is 3.16. The second-order valence-electron chi connectivity index (χ2n) is 4.69. The first-order chi connectivity index (χ1) is 10.8. The van der Waals surface area contributed by atoms with Gasteiger partial charge in [0.05, 0.1) is 25.9 Å². The molecule has 0 saturated heterocycles. The quantitative estimate of drug-likeness (QED) is 0.308. The van der Waals surface area contributed by atoms with Gasteiger partial charge < -0.3 is 4.84 Å². The summed E-state index contributed by atoms with van der Waals surface area (Å²) >= 11 is 6.56. The highest BCUT2D eigenvalue weighted by Gasteiger charge is 2.33. The van der Waals surface area contributed by atoms with E-state index in [1.165, 1.54) is 30.3 Å². The molecule has 2 atom stereocenters. The van der Waals surface area contributed by atoms with Crippen LogP contribution in [-0.4, -0.2) is 32.0 Å². The topological polar surface area (TPSA) is 98.9 Å². The van der Waals surface area contributed by atoms with Crippen molar-refractivity contribution < 1.29 is 19.3 Å². The minimum absolute atomic E-state index is 0.0764. The van der Waals surface area contributed by atoms with Crippen molar-refractivity contribution in [3.63, 3.8) is 0 Å². The molecule has 0 amide bonds. The maximum Gasteiger partial charge on any atom is 0.365 e. The van der Waals surface area contributed by atoms with Crippen LogP contribution in [0, 0.1) is 10.1 Å². The van der Waals surface area contributed by atoms with Gasteiger partial charge in [-0.3, -0.25) is 14.9 Å². The number of nitrogens with zero attached hydrogens (tertiary/aromatic N) is 2. The maximum absolute atomic E-state index is 11.9. The number of allylic oxidation sites excluding steroid dienone is 2. The van der Waals surface area contributed by atoms with Crippen LogP contribution >= 0.6 is 31.9 Å². The number of hydrogen-bond donors (Lipinski definition) is 0. The number of carbonyl (C=O) groups is 2. The summed E-state index contributed by atoms with van der Waals surface area (Å²) in [5.74, 6) is -0.825. The first-order valence-corrected chi connectivity index (χ1v) is 8.18. The Kier molecular flexibility index (Phi) is 5.42. The molecule has 1 aromatic carbocycles. The second kappa shape index (κ2) is 7.14. The van der Waals surface area contributed by atoms with Gasteiger partial charge in [0.1, 0.15) is 0 Å². The van der Waals surface area contributed by atoms with Crippen molar-refractivity contribution >= 4 is 55.0 Å². The average molecular weight is 446 g/mol. The maximum atomic E-state index is 11.9. The Bertz CT molecular complexity index is 727. The largest absolute Gasteiger partial charge is 0.365 e. The van der Waals surface area contributed by atoms with Crippen LogP contribution in [0.4, 0.5) is 5.69 Å². The molecule has 0 heterocycles.